The molecule has 2 N–H and O–H groups in total. The molecule has 0 spiro atoms. The number of hydrogen-bond acceptors (Lipinski definition) is 2. The number of rotatable bonds is 6. The van der Waals surface area contributed by atoms with Gasteiger partial charge in [-0.05, 0) is 99.4 Å². The van der Waals surface area contributed by atoms with Crippen LogP contribution < -0.4 is 0 Å². The van der Waals surface area contributed by atoms with Crippen LogP contribution in [0.4, 0.5) is 0 Å². The lowest BCUT2D eigenvalue weighted by molar-refractivity contribution is -0.102. The summed E-state index contributed by atoms with van der Waals surface area (Å²) in [5.41, 5.74) is 5.65. The summed E-state index contributed by atoms with van der Waals surface area (Å²) in [6, 6.07) is 0. The van der Waals surface area contributed by atoms with E-state index in [2.05, 4.69) is 79.7 Å². The number of aliphatic hydroxyl groups excluding tert-OH is 2. The van der Waals surface area contributed by atoms with Crippen LogP contribution in [0, 0.1) is 28.1 Å². The Labute approximate surface area is 197 Å². The van der Waals surface area contributed by atoms with Crippen LogP contribution in [0.2, 0.25) is 0 Å². The van der Waals surface area contributed by atoms with Gasteiger partial charge in [-0.3, -0.25) is 0 Å². The van der Waals surface area contributed by atoms with Gasteiger partial charge in [0.2, 0.25) is 0 Å². The van der Waals surface area contributed by atoms with Crippen molar-refractivity contribution in [1.82, 2.24) is 0 Å². The van der Waals surface area contributed by atoms with E-state index in [-0.39, 0.29) is 28.5 Å². The third-order valence-corrected chi connectivity index (χ3v) is 9.66. The van der Waals surface area contributed by atoms with Crippen molar-refractivity contribution in [2.24, 2.45) is 28.1 Å². The summed E-state index contributed by atoms with van der Waals surface area (Å²) in [7, 11) is 0. The zero-order valence-corrected chi connectivity index (χ0v) is 22.0. The molecule has 3 aliphatic carbocycles. The van der Waals surface area contributed by atoms with E-state index in [0.717, 1.165) is 44.9 Å². The third kappa shape index (κ3) is 4.47. The van der Waals surface area contributed by atoms with Crippen molar-refractivity contribution in [3.8, 4) is 0 Å². The smallest absolute Gasteiger partial charge is 0.0761 e. The molecule has 0 aromatic rings. The average Bonchev–Trinajstić information content (AvgIpc) is 3.08. The highest BCUT2D eigenvalue weighted by molar-refractivity contribution is 5.41. The Kier molecular flexibility index (Phi) is 7.38. The van der Waals surface area contributed by atoms with Crippen molar-refractivity contribution in [2.45, 2.75) is 113 Å². The van der Waals surface area contributed by atoms with E-state index in [0.29, 0.717) is 11.8 Å². The van der Waals surface area contributed by atoms with Gasteiger partial charge in [0.1, 0.15) is 0 Å². The first-order chi connectivity index (χ1) is 14.8. The van der Waals surface area contributed by atoms with Crippen LogP contribution in [0.25, 0.3) is 0 Å². The quantitative estimate of drug-likeness (QED) is 0.331. The molecule has 0 radical (unpaired) electrons. The fraction of sp³-hybridized carbons (Fsp3) is 0.733. The third-order valence-electron chi connectivity index (χ3n) is 9.66. The fourth-order valence-corrected chi connectivity index (χ4v) is 7.22. The van der Waals surface area contributed by atoms with Crippen LogP contribution in [0.5, 0.6) is 0 Å². The Bertz CT molecular complexity index is 822. The number of allylic oxidation sites excluding steroid dienone is 7. The molecule has 0 aromatic carbocycles. The Morgan fingerprint density at radius 1 is 1.09 bits per heavy atom. The first-order valence-corrected chi connectivity index (χ1v) is 12.9. The van der Waals surface area contributed by atoms with E-state index in [9.17, 15) is 10.2 Å². The molecule has 32 heavy (non-hydrogen) atoms. The van der Waals surface area contributed by atoms with Crippen LogP contribution >= 0.6 is 0 Å². The summed E-state index contributed by atoms with van der Waals surface area (Å²) in [5.74, 6) is 0.723. The van der Waals surface area contributed by atoms with E-state index in [4.69, 9.17) is 0 Å². The summed E-state index contributed by atoms with van der Waals surface area (Å²) in [6.45, 7) is 18.1. The Hall–Kier alpha value is -1.12. The van der Waals surface area contributed by atoms with Gasteiger partial charge >= 0.3 is 0 Å². The van der Waals surface area contributed by atoms with Crippen molar-refractivity contribution in [1.29, 1.82) is 0 Å². The molecule has 0 unspecified atom stereocenters. The minimum Gasteiger partial charge on any atom is -0.393 e. The van der Waals surface area contributed by atoms with Gasteiger partial charge in [-0.25, -0.2) is 0 Å². The second kappa shape index (κ2) is 9.26. The summed E-state index contributed by atoms with van der Waals surface area (Å²) in [4.78, 5) is 0. The van der Waals surface area contributed by atoms with Crippen molar-refractivity contribution < 1.29 is 10.2 Å². The second-order valence-corrected chi connectivity index (χ2v) is 12.4. The average molecular weight is 441 g/mol. The monoisotopic (exact) mass is 440 g/mol. The van der Waals surface area contributed by atoms with Gasteiger partial charge in [-0.2, -0.15) is 0 Å². The molecule has 1 saturated carbocycles. The molecule has 0 aliphatic heterocycles. The molecule has 0 aromatic heterocycles. The molecule has 2 heteroatoms. The Morgan fingerprint density at radius 3 is 2.44 bits per heavy atom. The zero-order valence-electron chi connectivity index (χ0n) is 22.0. The fourth-order valence-electron chi connectivity index (χ4n) is 7.22. The van der Waals surface area contributed by atoms with Gasteiger partial charge in [0.05, 0.1) is 12.2 Å². The zero-order chi connectivity index (χ0) is 23.9. The lowest BCUT2D eigenvalue weighted by atomic mass is 9.48. The van der Waals surface area contributed by atoms with Gasteiger partial charge in [0, 0.05) is 0 Å². The molecule has 3 aliphatic rings. The predicted molar refractivity (Wildman–Crippen MR) is 136 cm³/mol. The highest BCUT2D eigenvalue weighted by atomic mass is 16.3. The van der Waals surface area contributed by atoms with Crippen molar-refractivity contribution in [2.75, 3.05) is 0 Å². The maximum Gasteiger partial charge on any atom is 0.0761 e. The highest BCUT2D eigenvalue weighted by Gasteiger charge is 2.59. The molecule has 0 saturated heterocycles. The van der Waals surface area contributed by atoms with Crippen LogP contribution in [-0.2, 0) is 0 Å². The van der Waals surface area contributed by atoms with E-state index < -0.39 is 0 Å². The van der Waals surface area contributed by atoms with Crippen LogP contribution in [-0.4, -0.2) is 22.4 Å². The normalized spacial score (nSPS) is 37.9. The van der Waals surface area contributed by atoms with Crippen LogP contribution in [0.15, 0.2) is 46.6 Å². The molecule has 2 nitrogen and oxygen atoms in total. The van der Waals surface area contributed by atoms with Crippen LogP contribution in [0.1, 0.15) is 100 Å². The van der Waals surface area contributed by atoms with Gasteiger partial charge in [0.15, 0.2) is 0 Å². The lowest BCUT2D eigenvalue weighted by Crippen LogP contribution is -2.54. The molecule has 3 rings (SSSR count). The molecule has 0 amide bonds. The number of fused-ring (bicyclic) bond motifs is 2. The lowest BCUT2D eigenvalue weighted by Gasteiger charge is -2.58. The second-order valence-electron chi connectivity index (χ2n) is 12.4. The van der Waals surface area contributed by atoms with Crippen molar-refractivity contribution in [3.05, 3.63) is 46.6 Å². The minimum atomic E-state index is -0.377. The van der Waals surface area contributed by atoms with Gasteiger partial charge in [-0.15, -0.1) is 0 Å². The summed E-state index contributed by atoms with van der Waals surface area (Å²) >= 11 is 0. The number of hydrogen-bond donors (Lipinski definition) is 2. The standard InChI is InChI=1S/C30H48O2/c1-20(2)11-9-12-21(3)13-10-14-22(4)29(7)17-15-23-27(29)24(31)19-25-28(5,6)26(32)16-18-30(23,25)8/h10-11,13-14,22,24-26,31-32H,9,12,15-19H2,1-8H3/b14-10-,21-13+/t22-,24+,25+,26+,29-,30-/m1/s1. The van der Waals surface area contributed by atoms with Crippen LogP contribution in [0.3, 0.4) is 0 Å². The first-order valence-electron chi connectivity index (χ1n) is 12.9. The van der Waals surface area contributed by atoms with Crippen molar-refractivity contribution in [3.63, 3.8) is 0 Å². The Morgan fingerprint density at radius 2 is 1.78 bits per heavy atom. The maximum atomic E-state index is 11.4. The minimum absolute atomic E-state index is 0.0171. The highest BCUT2D eigenvalue weighted by Crippen LogP contribution is 2.66. The van der Waals surface area contributed by atoms with E-state index >= 15 is 0 Å². The molecule has 6 atom stereocenters. The van der Waals surface area contributed by atoms with Gasteiger partial charge in [-0.1, -0.05) is 75.6 Å². The molecular weight excluding hydrogens is 392 g/mol. The summed E-state index contributed by atoms with van der Waals surface area (Å²) in [6.07, 6.45) is 15.7. The Balaban J connectivity index is 1.82. The number of aliphatic hydroxyl groups is 2. The largest absolute Gasteiger partial charge is 0.393 e. The maximum absolute atomic E-state index is 11.4. The van der Waals surface area contributed by atoms with Gasteiger partial charge < -0.3 is 10.2 Å². The SMILES string of the molecule is CC(C)=CCC/C(C)=C/C=C\[C@@H](C)[C@@]1(C)CCC2=C1[C@@H](O)C[C@H]1C(C)(C)[C@@H](O)CC[C@]21C. The topological polar surface area (TPSA) is 40.5 Å². The van der Waals surface area contributed by atoms with E-state index in [1.54, 1.807) is 0 Å². The summed E-state index contributed by atoms with van der Waals surface area (Å²) in [5, 5.41) is 22.1. The summed E-state index contributed by atoms with van der Waals surface area (Å²) < 4.78 is 0. The van der Waals surface area contributed by atoms with Crippen molar-refractivity contribution >= 4 is 0 Å². The molecular formula is C30H48O2. The molecule has 0 bridgehead atoms. The molecule has 180 valence electrons. The van der Waals surface area contributed by atoms with Gasteiger partial charge in [0.25, 0.3) is 0 Å². The first kappa shape index (κ1) is 25.5. The molecule has 1 fully saturated rings. The molecule has 0 heterocycles. The van der Waals surface area contributed by atoms with E-state index in [1.807, 2.05) is 0 Å². The predicted octanol–water partition coefficient (Wildman–Crippen LogP) is 7.54. The van der Waals surface area contributed by atoms with E-state index in [1.165, 1.54) is 22.3 Å².